The molecule has 0 aliphatic rings. The maximum absolute atomic E-state index is 8.67. The lowest BCUT2D eigenvalue weighted by molar-refractivity contribution is 0.0599. The molecule has 1 aromatic rings. The fourth-order valence-corrected chi connectivity index (χ4v) is 1.51. The third-order valence-electron chi connectivity index (χ3n) is 1.29. The summed E-state index contributed by atoms with van der Waals surface area (Å²) in [6.45, 7) is 0.152. The van der Waals surface area contributed by atoms with E-state index in [4.69, 9.17) is 15.1 Å². The van der Waals surface area contributed by atoms with Gasteiger partial charge in [0, 0.05) is 4.88 Å². The van der Waals surface area contributed by atoms with Crippen molar-refractivity contribution in [1.82, 2.24) is 0 Å². The van der Waals surface area contributed by atoms with Crippen LogP contribution in [0.1, 0.15) is 11.0 Å². The summed E-state index contributed by atoms with van der Waals surface area (Å²) in [7, 11) is 0. The Hall–Kier alpha value is -0.890. The normalized spacial score (nSPS) is 12.3. The van der Waals surface area contributed by atoms with E-state index in [0.717, 1.165) is 4.88 Å². The quantitative estimate of drug-likeness (QED) is 0.766. The molecule has 3 nitrogen and oxygen atoms in total. The average molecular weight is 183 g/mol. The van der Waals surface area contributed by atoms with Crippen molar-refractivity contribution in [3.8, 4) is 6.07 Å². The summed E-state index contributed by atoms with van der Waals surface area (Å²) in [6, 6.07) is 5.73. The van der Waals surface area contributed by atoms with Crippen LogP contribution in [0, 0.1) is 11.3 Å². The molecule has 1 atom stereocenters. The number of aliphatic hydroxyl groups is 1. The average Bonchev–Trinajstić information content (AvgIpc) is 2.59. The summed E-state index contributed by atoms with van der Waals surface area (Å²) < 4.78 is 5.08. The minimum atomic E-state index is -0.530. The highest BCUT2D eigenvalue weighted by Gasteiger charge is 2.10. The minimum absolute atomic E-state index is 0.0520. The first-order chi connectivity index (χ1) is 5.88. The van der Waals surface area contributed by atoms with E-state index in [2.05, 4.69) is 0 Å². The van der Waals surface area contributed by atoms with Crippen LogP contribution in [-0.4, -0.2) is 18.3 Å². The monoisotopic (exact) mass is 183 g/mol. The molecule has 0 saturated carbocycles. The van der Waals surface area contributed by atoms with Gasteiger partial charge < -0.3 is 9.84 Å². The number of rotatable bonds is 4. The molecule has 1 unspecified atom stereocenters. The Morgan fingerprint density at radius 1 is 1.75 bits per heavy atom. The highest BCUT2D eigenvalue weighted by molar-refractivity contribution is 7.10. The molecule has 1 rings (SSSR count). The van der Waals surface area contributed by atoms with E-state index in [1.165, 1.54) is 11.3 Å². The molecule has 0 radical (unpaired) electrons. The summed E-state index contributed by atoms with van der Waals surface area (Å²) in [5.74, 6) is 0. The van der Waals surface area contributed by atoms with E-state index in [1.807, 2.05) is 23.6 Å². The second-order valence-electron chi connectivity index (χ2n) is 2.12. The first kappa shape index (κ1) is 9.20. The van der Waals surface area contributed by atoms with Crippen molar-refractivity contribution in [2.45, 2.75) is 6.10 Å². The minimum Gasteiger partial charge on any atom is -0.394 e. The van der Waals surface area contributed by atoms with Gasteiger partial charge in [-0.15, -0.1) is 11.3 Å². The first-order valence-corrected chi connectivity index (χ1v) is 4.42. The molecular weight excluding hydrogens is 174 g/mol. The van der Waals surface area contributed by atoms with Gasteiger partial charge in [0.1, 0.15) is 6.07 Å². The number of aliphatic hydroxyl groups excluding tert-OH is 1. The second-order valence-corrected chi connectivity index (χ2v) is 3.10. The standard InChI is InChI=1S/C8H9NO2S/c9-6-7(11-4-3-10)8-2-1-5-12-8/h1-2,5,7,10H,3-4H2. The van der Waals surface area contributed by atoms with Crippen molar-refractivity contribution in [1.29, 1.82) is 5.26 Å². The van der Waals surface area contributed by atoms with E-state index >= 15 is 0 Å². The number of ether oxygens (including phenoxy) is 1. The second kappa shape index (κ2) is 4.88. The van der Waals surface area contributed by atoms with Crippen molar-refractivity contribution < 1.29 is 9.84 Å². The topological polar surface area (TPSA) is 53.2 Å². The number of thiophene rings is 1. The van der Waals surface area contributed by atoms with Gasteiger partial charge in [0.15, 0.2) is 6.10 Å². The molecule has 0 aliphatic heterocycles. The number of hydrogen-bond donors (Lipinski definition) is 1. The van der Waals surface area contributed by atoms with Gasteiger partial charge in [-0.05, 0) is 11.4 Å². The van der Waals surface area contributed by atoms with Gasteiger partial charge in [-0.3, -0.25) is 0 Å². The van der Waals surface area contributed by atoms with Crippen LogP contribution < -0.4 is 0 Å². The Kier molecular flexibility index (Phi) is 3.74. The van der Waals surface area contributed by atoms with E-state index in [9.17, 15) is 0 Å². The van der Waals surface area contributed by atoms with Crippen LogP contribution in [0.25, 0.3) is 0 Å². The molecular formula is C8H9NO2S. The molecule has 0 amide bonds. The zero-order valence-corrected chi connectivity index (χ0v) is 7.25. The predicted molar refractivity (Wildman–Crippen MR) is 45.7 cm³/mol. The van der Waals surface area contributed by atoms with Gasteiger partial charge in [-0.2, -0.15) is 5.26 Å². The van der Waals surface area contributed by atoms with Gasteiger partial charge in [-0.25, -0.2) is 0 Å². The SMILES string of the molecule is N#CC(OCCO)c1cccs1. The van der Waals surface area contributed by atoms with E-state index in [-0.39, 0.29) is 13.2 Å². The summed E-state index contributed by atoms with van der Waals surface area (Å²) in [4.78, 5) is 0.881. The van der Waals surface area contributed by atoms with Gasteiger partial charge in [0.2, 0.25) is 0 Å². The molecule has 1 heterocycles. The van der Waals surface area contributed by atoms with Crippen molar-refractivity contribution in [3.63, 3.8) is 0 Å². The van der Waals surface area contributed by atoms with E-state index in [1.54, 1.807) is 0 Å². The Balaban J connectivity index is 2.53. The summed E-state index contributed by atoms with van der Waals surface area (Å²) in [5.41, 5.74) is 0. The lowest BCUT2D eigenvalue weighted by atomic mass is 10.3. The number of hydrogen-bond acceptors (Lipinski definition) is 4. The number of nitrogens with zero attached hydrogens (tertiary/aromatic N) is 1. The zero-order valence-electron chi connectivity index (χ0n) is 6.43. The van der Waals surface area contributed by atoms with Crippen LogP contribution in [0.15, 0.2) is 17.5 Å². The van der Waals surface area contributed by atoms with Gasteiger partial charge in [-0.1, -0.05) is 6.07 Å². The maximum Gasteiger partial charge on any atom is 0.178 e. The van der Waals surface area contributed by atoms with E-state index < -0.39 is 6.10 Å². The lowest BCUT2D eigenvalue weighted by Gasteiger charge is -2.06. The predicted octanol–water partition coefficient (Wildman–Crippen LogP) is 1.32. The van der Waals surface area contributed by atoms with Crippen molar-refractivity contribution in [2.24, 2.45) is 0 Å². The fraction of sp³-hybridized carbons (Fsp3) is 0.375. The lowest BCUT2D eigenvalue weighted by Crippen LogP contribution is -2.04. The first-order valence-electron chi connectivity index (χ1n) is 3.54. The third kappa shape index (κ3) is 2.31. The van der Waals surface area contributed by atoms with Crippen molar-refractivity contribution >= 4 is 11.3 Å². The molecule has 64 valence electrons. The van der Waals surface area contributed by atoms with Crippen LogP contribution in [0.3, 0.4) is 0 Å². The van der Waals surface area contributed by atoms with Gasteiger partial charge in [0.25, 0.3) is 0 Å². The highest BCUT2D eigenvalue weighted by atomic mass is 32.1. The van der Waals surface area contributed by atoms with Crippen molar-refractivity contribution in [2.75, 3.05) is 13.2 Å². The Morgan fingerprint density at radius 2 is 2.58 bits per heavy atom. The molecule has 0 aromatic carbocycles. The Labute approximate surface area is 74.8 Å². The molecule has 0 bridgehead atoms. The molecule has 0 saturated heterocycles. The van der Waals surface area contributed by atoms with Crippen molar-refractivity contribution in [3.05, 3.63) is 22.4 Å². The van der Waals surface area contributed by atoms with Crippen LogP contribution in [-0.2, 0) is 4.74 Å². The summed E-state index contributed by atoms with van der Waals surface area (Å²) in [6.07, 6.45) is -0.530. The summed E-state index contributed by atoms with van der Waals surface area (Å²) >= 11 is 1.48. The smallest absolute Gasteiger partial charge is 0.178 e. The molecule has 4 heteroatoms. The molecule has 12 heavy (non-hydrogen) atoms. The Bertz CT molecular complexity index is 253. The zero-order chi connectivity index (χ0) is 8.81. The number of nitriles is 1. The van der Waals surface area contributed by atoms with Gasteiger partial charge >= 0.3 is 0 Å². The molecule has 0 fully saturated rings. The summed E-state index contributed by atoms with van der Waals surface area (Å²) in [5, 5.41) is 19.0. The molecule has 1 aromatic heterocycles. The van der Waals surface area contributed by atoms with Gasteiger partial charge in [0.05, 0.1) is 13.2 Å². The fourth-order valence-electron chi connectivity index (χ4n) is 0.794. The Morgan fingerprint density at radius 3 is 3.08 bits per heavy atom. The van der Waals surface area contributed by atoms with Crippen LogP contribution in [0.4, 0.5) is 0 Å². The largest absolute Gasteiger partial charge is 0.394 e. The third-order valence-corrected chi connectivity index (χ3v) is 2.21. The molecule has 0 aliphatic carbocycles. The maximum atomic E-state index is 8.67. The molecule has 0 spiro atoms. The molecule has 1 N–H and O–H groups in total. The van der Waals surface area contributed by atoms with Crippen LogP contribution >= 0.6 is 11.3 Å². The van der Waals surface area contributed by atoms with Crippen LogP contribution in [0.5, 0.6) is 0 Å². The van der Waals surface area contributed by atoms with Crippen LogP contribution in [0.2, 0.25) is 0 Å². The van der Waals surface area contributed by atoms with E-state index in [0.29, 0.717) is 0 Å². The highest BCUT2D eigenvalue weighted by Crippen LogP contribution is 2.21.